The highest BCUT2D eigenvalue weighted by Crippen LogP contribution is 2.19. The zero-order valence-corrected chi connectivity index (χ0v) is 17.6. The average molecular weight is 402 g/mol. The maximum atomic E-state index is 12.8. The number of ether oxygens (including phenoxy) is 1. The summed E-state index contributed by atoms with van der Waals surface area (Å²) in [5, 5.41) is 2.93. The number of carbonyl (C=O) groups is 2. The molecule has 0 radical (unpaired) electrons. The molecule has 160 valence electrons. The molecule has 2 heterocycles. The van der Waals surface area contributed by atoms with Gasteiger partial charge in [0.2, 0.25) is 11.8 Å². The van der Waals surface area contributed by atoms with Crippen LogP contribution in [-0.4, -0.2) is 74.1 Å². The largest absolute Gasteiger partial charge is 0.381 e. The molecule has 0 spiro atoms. The maximum Gasteiger partial charge on any atom is 0.237 e. The van der Waals surface area contributed by atoms with E-state index in [1.807, 2.05) is 13.1 Å². The lowest BCUT2D eigenvalue weighted by molar-refractivity contribution is -0.138. The maximum absolute atomic E-state index is 12.8. The minimum atomic E-state index is -0.349. The van der Waals surface area contributed by atoms with Gasteiger partial charge in [-0.2, -0.15) is 0 Å². The van der Waals surface area contributed by atoms with E-state index < -0.39 is 0 Å². The van der Waals surface area contributed by atoms with Gasteiger partial charge in [-0.25, -0.2) is 0 Å². The number of hydrogen-bond acceptors (Lipinski definition) is 4. The highest BCUT2D eigenvalue weighted by atomic mass is 16.5. The Morgan fingerprint density at radius 1 is 1.24 bits per heavy atom. The van der Waals surface area contributed by atoms with Crippen molar-refractivity contribution >= 4 is 11.8 Å². The SMILES string of the molecule is CN(CCC1CCOCC1)C(=O)C[C@H]1C(=O)NCCN1CCCc1ccccc1. The third-order valence-electron chi connectivity index (χ3n) is 6.20. The minimum absolute atomic E-state index is 0.0119. The van der Waals surface area contributed by atoms with Gasteiger partial charge >= 0.3 is 0 Å². The van der Waals surface area contributed by atoms with E-state index in [1.165, 1.54) is 5.56 Å². The first-order valence-electron chi connectivity index (χ1n) is 11.0. The number of rotatable bonds is 9. The molecule has 0 saturated carbocycles. The van der Waals surface area contributed by atoms with Gasteiger partial charge < -0.3 is 15.0 Å². The Labute approximate surface area is 174 Å². The second kappa shape index (κ2) is 11.3. The Morgan fingerprint density at radius 2 is 2.00 bits per heavy atom. The van der Waals surface area contributed by atoms with Crippen LogP contribution in [0.4, 0.5) is 0 Å². The minimum Gasteiger partial charge on any atom is -0.381 e. The summed E-state index contributed by atoms with van der Waals surface area (Å²) < 4.78 is 5.41. The standard InChI is InChI=1S/C23H35N3O3/c1-25(14-9-20-10-16-29-17-11-20)22(27)18-21-23(28)24-12-15-26(21)13-5-8-19-6-3-2-4-7-19/h2-4,6-7,20-21H,5,8-18H2,1H3,(H,24,28)/t21-/m0/s1. The molecule has 2 amide bonds. The fourth-order valence-corrected chi connectivity index (χ4v) is 4.24. The molecule has 0 aliphatic carbocycles. The van der Waals surface area contributed by atoms with Crippen LogP contribution < -0.4 is 5.32 Å². The second-order valence-corrected chi connectivity index (χ2v) is 8.30. The summed E-state index contributed by atoms with van der Waals surface area (Å²) in [5.41, 5.74) is 1.31. The molecule has 0 unspecified atom stereocenters. The van der Waals surface area contributed by atoms with Crippen molar-refractivity contribution in [2.45, 2.75) is 44.6 Å². The van der Waals surface area contributed by atoms with Gasteiger partial charge in [0, 0.05) is 39.9 Å². The molecule has 2 saturated heterocycles. The zero-order chi connectivity index (χ0) is 20.5. The molecule has 1 atom stereocenters. The van der Waals surface area contributed by atoms with E-state index in [1.54, 1.807) is 4.90 Å². The molecule has 0 aromatic heterocycles. The van der Waals surface area contributed by atoms with E-state index in [4.69, 9.17) is 4.74 Å². The van der Waals surface area contributed by atoms with Crippen LogP contribution in [-0.2, 0) is 20.7 Å². The van der Waals surface area contributed by atoms with Gasteiger partial charge in [-0.15, -0.1) is 0 Å². The topological polar surface area (TPSA) is 61.9 Å². The van der Waals surface area contributed by atoms with Crippen LogP contribution in [0.25, 0.3) is 0 Å². The third-order valence-corrected chi connectivity index (χ3v) is 6.20. The Morgan fingerprint density at radius 3 is 2.76 bits per heavy atom. The molecule has 2 aliphatic rings. The Bertz CT molecular complexity index is 646. The predicted octanol–water partition coefficient (Wildman–Crippen LogP) is 2.08. The van der Waals surface area contributed by atoms with E-state index in [0.717, 1.165) is 65.0 Å². The normalized spacial score (nSPS) is 21.0. The molecule has 3 rings (SSSR count). The van der Waals surface area contributed by atoms with Crippen LogP contribution in [0.15, 0.2) is 30.3 Å². The number of aryl methyl sites for hydroxylation is 1. The van der Waals surface area contributed by atoms with Crippen LogP contribution in [0.1, 0.15) is 37.7 Å². The Hall–Kier alpha value is -1.92. The first kappa shape index (κ1) is 21.8. The van der Waals surface area contributed by atoms with E-state index >= 15 is 0 Å². The van der Waals surface area contributed by atoms with Crippen molar-refractivity contribution in [3.8, 4) is 0 Å². The second-order valence-electron chi connectivity index (χ2n) is 8.30. The van der Waals surface area contributed by atoms with Crippen molar-refractivity contribution < 1.29 is 14.3 Å². The Balaban J connectivity index is 1.46. The van der Waals surface area contributed by atoms with Crippen LogP contribution >= 0.6 is 0 Å². The molecule has 6 heteroatoms. The summed E-state index contributed by atoms with van der Waals surface area (Å²) in [6.07, 6.45) is 5.43. The van der Waals surface area contributed by atoms with Crippen molar-refractivity contribution in [2.24, 2.45) is 5.92 Å². The zero-order valence-electron chi connectivity index (χ0n) is 17.6. The summed E-state index contributed by atoms with van der Waals surface area (Å²) in [4.78, 5) is 29.2. The number of nitrogens with one attached hydrogen (secondary N) is 1. The lowest BCUT2D eigenvalue weighted by atomic mass is 9.96. The molecule has 6 nitrogen and oxygen atoms in total. The Kier molecular flexibility index (Phi) is 8.50. The summed E-state index contributed by atoms with van der Waals surface area (Å²) >= 11 is 0. The molecule has 1 N–H and O–H groups in total. The first-order chi connectivity index (χ1) is 14.1. The third kappa shape index (κ3) is 6.82. The van der Waals surface area contributed by atoms with E-state index in [-0.39, 0.29) is 24.3 Å². The highest BCUT2D eigenvalue weighted by molar-refractivity contribution is 5.88. The van der Waals surface area contributed by atoms with E-state index in [2.05, 4.69) is 34.5 Å². The van der Waals surface area contributed by atoms with Gasteiger partial charge in [0.1, 0.15) is 0 Å². The monoisotopic (exact) mass is 401 g/mol. The number of piperazine rings is 1. The lowest BCUT2D eigenvalue weighted by Crippen LogP contribution is -2.56. The van der Waals surface area contributed by atoms with Gasteiger partial charge in [-0.3, -0.25) is 14.5 Å². The summed E-state index contributed by atoms with van der Waals surface area (Å²) in [6, 6.07) is 10.1. The van der Waals surface area contributed by atoms with Crippen molar-refractivity contribution in [3.05, 3.63) is 35.9 Å². The van der Waals surface area contributed by atoms with E-state index in [0.29, 0.717) is 12.5 Å². The number of hydrogen-bond donors (Lipinski definition) is 1. The average Bonchev–Trinajstić information content (AvgIpc) is 2.75. The van der Waals surface area contributed by atoms with Crippen LogP contribution in [0.2, 0.25) is 0 Å². The molecule has 1 aromatic carbocycles. The smallest absolute Gasteiger partial charge is 0.237 e. The summed E-state index contributed by atoms with van der Waals surface area (Å²) in [7, 11) is 1.86. The van der Waals surface area contributed by atoms with Gasteiger partial charge in [-0.1, -0.05) is 30.3 Å². The van der Waals surface area contributed by atoms with Crippen molar-refractivity contribution in [2.75, 3.05) is 46.4 Å². The lowest BCUT2D eigenvalue weighted by Gasteiger charge is -2.35. The van der Waals surface area contributed by atoms with Gasteiger partial charge in [0.05, 0.1) is 12.5 Å². The summed E-state index contributed by atoms with van der Waals surface area (Å²) in [6.45, 7) is 4.74. The fourth-order valence-electron chi connectivity index (χ4n) is 4.24. The highest BCUT2D eigenvalue weighted by Gasteiger charge is 2.32. The molecule has 1 aromatic rings. The quantitative estimate of drug-likeness (QED) is 0.688. The number of benzene rings is 1. The van der Waals surface area contributed by atoms with Crippen LogP contribution in [0.3, 0.4) is 0 Å². The van der Waals surface area contributed by atoms with Gasteiger partial charge in [0.25, 0.3) is 0 Å². The van der Waals surface area contributed by atoms with Crippen molar-refractivity contribution in [1.82, 2.24) is 15.1 Å². The van der Waals surface area contributed by atoms with Crippen molar-refractivity contribution in [3.63, 3.8) is 0 Å². The van der Waals surface area contributed by atoms with Crippen LogP contribution in [0, 0.1) is 5.92 Å². The molecule has 0 bridgehead atoms. The molecule has 2 aliphatic heterocycles. The van der Waals surface area contributed by atoms with Gasteiger partial charge in [0.15, 0.2) is 0 Å². The molecule has 29 heavy (non-hydrogen) atoms. The van der Waals surface area contributed by atoms with Crippen molar-refractivity contribution in [1.29, 1.82) is 0 Å². The number of nitrogens with zero attached hydrogens (tertiary/aromatic N) is 2. The molecular weight excluding hydrogens is 366 g/mol. The summed E-state index contributed by atoms with van der Waals surface area (Å²) in [5.74, 6) is 0.695. The van der Waals surface area contributed by atoms with Crippen LogP contribution in [0.5, 0.6) is 0 Å². The van der Waals surface area contributed by atoms with E-state index in [9.17, 15) is 9.59 Å². The number of amides is 2. The van der Waals surface area contributed by atoms with Gasteiger partial charge in [-0.05, 0) is 50.1 Å². The molecular formula is C23H35N3O3. The fraction of sp³-hybridized carbons (Fsp3) is 0.652. The molecule has 2 fully saturated rings. The number of carbonyl (C=O) groups excluding carboxylic acids is 2. The predicted molar refractivity (Wildman–Crippen MR) is 114 cm³/mol. The first-order valence-corrected chi connectivity index (χ1v) is 11.0.